The first-order valence-electron chi connectivity index (χ1n) is 8.38. The highest BCUT2D eigenvalue weighted by Crippen LogP contribution is 2.19. The van der Waals surface area contributed by atoms with E-state index in [2.05, 4.69) is 4.98 Å². The number of benzene rings is 1. The van der Waals surface area contributed by atoms with Gasteiger partial charge >= 0.3 is 0 Å². The van der Waals surface area contributed by atoms with Gasteiger partial charge in [0.1, 0.15) is 5.75 Å². The molecule has 6 heteroatoms. The summed E-state index contributed by atoms with van der Waals surface area (Å²) in [5.74, 6) is 0.626. The topological polar surface area (TPSA) is 71.6 Å². The monoisotopic (exact) mass is 342 g/mol. The second kappa shape index (κ2) is 7.98. The second-order valence-corrected chi connectivity index (χ2v) is 6.11. The zero-order chi connectivity index (χ0) is 17.6. The number of amides is 1. The molecule has 1 saturated heterocycles. The van der Waals surface area contributed by atoms with Crippen molar-refractivity contribution in [3.05, 3.63) is 64.1 Å². The van der Waals surface area contributed by atoms with Gasteiger partial charge in [0.15, 0.2) is 0 Å². The Kier molecular flexibility index (Phi) is 5.50. The molecule has 2 heterocycles. The summed E-state index contributed by atoms with van der Waals surface area (Å²) in [6, 6.07) is 10.6. The van der Waals surface area contributed by atoms with Crippen LogP contribution in [0.4, 0.5) is 0 Å². The van der Waals surface area contributed by atoms with E-state index < -0.39 is 0 Å². The largest absolute Gasteiger partial charge is 0.497 e. The van der Waals surface area contributed by atoms with Crippen LogP contribution in [0.1, 0.15) is 28.8 Å². The van der Waals surface area contributed by atoms with Crippen LogP contribution < -0.4 is 10.3 Å². The van der Waals surface area contributed by atoms with E-state index in [1.807, 2.05) is 24.3 Å². The fourth-order valence-electron chi connectivity index (χ4n) is 2.97. The first kappa shape index (κ1) is 17.2. The molecule has 0 aliphatic carbocycles. The Morgan fingerprint density at radius 1 is 1.36 bits per heavy atom. The number of methoxy groups -OCH3 is 1. The van der Waals surface area contributed by atoms with Crippen molar-refractivity contribution in [2.24, 2.45) is 0 Å². The van der Waals surface area contributed by atoms with Gasteiger partial charge in [0.25, 0.3) is 5.91 Å². The summed E-state index contributed by atoms with van der Waals surface area (Å²) in [5, 5.41) is 0. The van der Waals surface area contributed by atoms with Crippen molar-refractivity contribution in [3.8, 4) is 5.75 Å². The molecule has 132 valence electrons. The van der Waals surface area contributed by atoms with Crippen LogP contribution in [0.15, 0.2) is 47.4 Å². The van der Waals surface area contributed by atoms with Crippen molar-refractivity contribution >= 4 is 5.91 Å². The van der Waals surface area contributed by atoms with Crippen molar-refractivity contribution in [1.29, 1.82) is 0 Å². The number of ether oxygens (including phenoxy) is 2. The van der Waals surface area contributed by atoms with E-state index >= 15 is 0 Å². The lowest BCUT2D eigenvalue weighted by molar-refractivity contribution is 0.0507. The van der Waals surface area contributed by atoms with Gasteiger partial charge in [0, 0.05) is 32.0 Å². The molecule has 2 aromatic rings. The number of hydrogen-bond donors (Lipinski definition) is 1. The van der Waals surface area contributed by atoms with Crippen LogP contribution in [-0.4, -0.2) is 42.2 Å². The Morgan fingerprint density at radius 3 is 2.92 bits per heavy atom. The molecule has 1 amide bonds. The molecule has 1 aliphatic rings. The van der Waals surface area contributed by atoms with Gasteiger partial charge in [0.05, 0.1) is 18.8 Å². The summed E-state index contributed by atoms with van der Waals surface area (Å²) >= 11 is 0. The third-order valence-electron chi connectivity index (χ3n) is 4.27. The second-order valence-electron chi connectivity index (χ2n) is 6.11. The molecule has 0 bridgehead atoms. The summed E-state index contributed by atoms with van der Waals surface area (Å²) in [6.07, 6.45) is 3.48. The van der Waals surface area contributed by atoms with Crippen LogP contribution in [0.2, 0.25) is 0 Å². The first-order valence-corrected chi connectivity index (χ1v) is 8.38. The summed E-state index contributed by atoms with van der Waals surface area (Å²) in [5.41, 5.74) is 1.21. The molecule has 3 rings (SSSR count). The first-order chi connectivity index (χ1) is 12.2. The fourth-order valence-corrected chi connectivity index (χ4v) is 2.97. The third kappa shape index (κ3) is 4.48. The zero-order valence-corrected chi connectivity index (χ0v) is 14.2. The molecule has 1 fully saturated rings. The molecule has 1 aromatic carbocycles. The maximum absolute atomic E-state index is 12.9. The average Bonchev–Trinajstić information content (AvgIpc) is 3.14. The molecule has 1 N–H and O–H groups in total. The number of pyridine rings is 1. The Morgan fingerprint density at radius 2 is 2.24 bits per heavy atom. The summed E-state index contributed by atoms with van der Waals surface area (Å²) in [4.78, 5) is 28.5. The zero-order valence-electron chi connectivity index (χ0n) is 14.2. The predicted octanol–water partition coefficient (Wildman–Crippen LogP) is 2.20. The molecule has 6 nitrogen and oxygen atoms in total. The van der Waals surface area contributed by atoms with Gasteiger partial charge in [-0.2, -0.15) is 0 Å². The molecular weight excluding hydrogens is 320 g/mol. The smallest absolute Gasteiger partial charge is 0.255 e. The van der Waals surface area contributed by atoms with Crippen LogP contribution >= 0.6 is 0 Å². The lowest BCUT2D eigenvalue weighted by atomic mass is 10.1. The number of carbonyl (C=O) groups is 1. The molecule has 1 aromatic heterocycles. The summed E-state index contributed by atoms with van der Waals surface area (Å²) in [6.45, 7) is 1.72. The number of aromatic nitrogens is 1. The van der Waals surface area contributed by atoms with Crippen LogP contribution in [0.5, 0.6) is 5.75 Å². The van der Waals surface area contributed by atoms with Crippen molar-refractivity contribution in [2.75, 3.05) is 20.3 Å². The number of nitrogens with one attached hydrogen (secondary N) is 1. The van der Waals surface area contributed by atoms with Crippen molar-refractivity contribution in [2.45, 2.75) is 25.5 Å². The Bertz CT molecular complexity index is 760. The van der Waals surface area contributed by atoms with Gasteiger partial charge in [-0.15, -0.1) is 0 Å². The molecule has 0 spiro atoms. The van der Waals surface area contributed by atoms with E-state index in [4.69, 9.17) is 9.47 Å². The van der Waals surface area contributed by atoms with Crippen molar-refractivity contribution < 1.29 is 14.3 Å². The lowest BCUT2D eigenvalue weighted by Gasteiger charge is -2.26. The quantitative estimate of drug-likeness (QED) is 0.874. The SMILES string of the molecule is COc1cccc(CN(CC2CCCO2)C(=O)c2ccc(=O)[nH]c2)c1. The average molecular weight is 342 g/mol. The van der Waals surface area contributed by atoms with E-state index in [1.165, 1.54) is 12.3 Å². The minimum absolute atomic E-state index is 0.0531. The van der Waals surface area contributed by atoms with Gasteiger partial charge in [0.2, 0.25) is 5.56 Å². The number of H-pyrrole nitrogens is 1. The standard InChI is InChI=1S/C19H22N2O4/c1-24-16-5-2-4-14(10-16)12-21(13-17-6-3-9-25-17)19(23)15-7-8-18(22)20-11-15/h2,4-5,7-8,10-11,17H,3,6,9,12-13H2,1H3,(H,20,22). The molecule has 1 aliphatic heterocycles. The van der Waals surface area contributed by atoms with Crippen LogP contribution in [0.25, 0.3) is 0 Å². The van der Waals surface area contributed by atoms with Crippen molar-refractivity contribution in [3.63, 3.8) is 0 Å². The Balaban J connectivity index is 1.81. The highest BCUT2D eigenvalue weighted by molar-refractivity contribution is 5.93. The Hall–Kier alpha value is -2.60. The molecular formula is C19H22N2O4. The van der Waals surface area contributed by atoms with E-state index in [0.29, 0.717) is 18.7 Å². The van der Waals surface area contributed by atoms with E-state index in [9.17, 15) is 9.59 Å². The third-order valence-corrected chi connectivity index (χ3v) is 4.27. The number of aromatic amines is 1. The molecule has 1 unspecified atom stereocenters. The summed E-state index contributed by atoms with van der Waals surface area (Å²) < 4.78 is 11.0. The van der Waals surface area contributed by atoms with Gasteiger partial charge < -0.3 is 19.4 Å². The highest BCUT2D eigenvalue weighted by Gasteiger charge is 2.24. The van der Waals surface area contributed by atoms with E-state index in [0.717, 1.165) is 30.8 Å². The Labute approximate surface area is 146 Å². The van der Waals surface area contributed by atoms with Crippen LogP contribution in [0.3, 0.4) is 0 Å². The van der Waals surface area contributed by atoms with Crippen molar-refractivity contribution in [1.82, 2.24) is 9.88 Å². The molecule has 0 saturated carbocycles. The minimum Gasteiger partial charge on any atom is -0.497 e. The number of nitrogens with zero attached hydrogens (tertiary/aromatic N) is 1. The number of carbonyl (C=O) groups excluding carboxylic acids is 1. The minimum atomic E-state index is -0.227. The van der Waals surface area contributed by atoms with E-state index in [-0.39, 0.29) is 17.6 Å². The highest BCUT2D eigenvalue weighted by atomic mass is 16.5. The van der Waals surface area contributed by atoms with Crippen LogP contribution in [-0.2, 0) is 11.3 Å². The van der Waals surface area contributed by atoms with Gasteiger partial charge in [-0.25, -0.2) is 0 Å². The van der Waals surface area contributed by atoms with Gasteiger partial charge in [-0.05, 0) is 36.6 Å². The fraction of sp³-hybridized carbons (Fsp3) is 0.368. The molecule has 1 atom stereocenters. The van der Waals surface area contributed by atoms with Gasteiger partial charge in [-0.1, -0.05) is 12.1 Å². The maximum Gasteiger partial charge on any atom is 0.255 e. The van der Waals surface area contributed by atoms with E-state index in [1.54, 1.807) is 18.1 Å². The predicted molar refractivity (Wildman–Crippen MR) is 93.8 cm³/mol. The normalized spacial score (nSPS) is 16.6. The molecule has 0 radical (unpaired) electrons. The van der Waals surface area contributed by atoms with Gasteiger partial charge in [-0.3, -0.25) is 9.59 Å². The molecule has 25 heavy (non-hydrogen) atoms. The maximum atomic E-state index is 12.9. The van der Waals surface area contributed by atoms with Crippen LogP contribution in [0, 0.1) is 0 Å². The number of rotatable bonds is 6. The lowest BCUT2D eigenvalue weighted by Crippen LogP contribution is -2.37. The summed E-state index contributed by atoms with van der Waals surface area (Å²) in [7, 11) is 1.62. The number of hydrogen-bond acceptors (Lipinski definition) is 4.